The second-order valence-electron chi connectivity index (χ2n) is 9.84. The highest BCUT2D eigenvalue weighted by atomic mass is 19.4. The molecule has 42 heavy (non-hydrogen) atoms. The highest BCUT2D eigenvalue weighted by molar-refractivity contribution is 6.36. The van der Waals surface area contributed by atoms with E-state index < -0.39 is 23.6 Å². The molecule has 0 aliphatic carbocycles. The third kappa shape index (κ3) is 6.22. The van der Waals surface area contributed by atoms with Crippen LogP contribution < -0.4 is 16.1 Å². The number of halogens is 4. The quantitative estimate of drug-likeness (QED) is 0.172. The Hall–Kier alpha value is -4.87. The summed E-state index contributed by atoms with van der Waals surface area (Å²) in [6.45, 7) is 2.16. The lowest BCUT2D eigenvalue weighted by Gasteiger charge is -2.16. The monoisotopic (exact) mass is 573 g/mol. The molecule has 12 heteroatoms. The fourth-order valence-electron chi connectivity index (χ4n) is 4.61. The molecule has 5 rings (SSSR count). The number of anilines is 1. The maximum atomic E-state index is 13.5. The zero-order valence-corrected chi connectivity index (χ0v) is 22.3. The molecular formula is C30H24BF4N5O2. The van der Waals surface area contributed by atoms with Gasteiger partial charge < -0.3 is 15.7 Å². The Morgan fingerprint density at radius 3 is 2.48 bits per heavy atom. The average Bonchev–Trinajstić information content (AvgIpc) is 3.33. The Balaban J connectivity index is 1.25. The molecule has 0 aliphatic rings. The molecule has 0 saturated carbocycles. The lowest BCUT2D eigenvalue weighted by molar-refractivity contribution is -0.139. The molecule has 0 spiro atoms. The third-order valence-electron chi connectivity index (χ3n) is 6.76. The van der Waals surface area contributed by atoms with E-state index in [4.69, 9.17) is 7.85 Å². The summed E-state index contributed by atoms with van der Waals surface area (Å²) in [6.07, 6.45) is -2.70. The van der Waals surface area contributed by atoms with Gasteiger partial charge in [0, 0.05) is 35.6 Å². The fourth-order valence-corrected chi connectivity index (χ4v) is 4.61. The number of aromatic hydroxyl groups is 1. The van der Waals surface area contributed by atoms with Crippen LogP contribution in [0, 0.1) is 5.82 Å². The van der Waals surface area contributed by atoms with Crippen LogP contribution in [-0.4, -0.2) is 33.6 Å². The summed E-state index contributed by atoms with van der Waals surface area (Å²) in [5, 5.41) is 19.6. The van der Waals surface area contributed by atoms with E-state index in [1.54, 1.807) is 22.7 Å². The number of nitrogens with zero attached hydrogens (tertiary/aromatic N) is 3. The van der Waals surface area contributed by atoms with E-state index in [9.17, 15) is 27.5 Å². The van der Waals surface area contributed by atoms with Crippen molar-refractivity contribution in [3.63, 3.8) is 0 Å². The molecule has 0 aliphatic heterocycles. The van der Waals surface area contributed by atoms with Crippen LogP contribution in [0.4, 0.5) is 28.0 Å². The van der Waals surface area contributed by atoms with Crippen LogP contribution in [0.2, 0.25) is 0 Å². The highest BCUT2D eigenvalue weighted by Crippen LogP contribution is 2.33. The molecular weight excluding hydrogens is 549 g/mol. The number of carbonyl (C=O) groups is 1. The number of alkyl halides is 3. The number of phenolic OH excluding ortho intramolecular Hbond substituents is 1. The van der Waals surface area contributed by atoms with E-state index >= 15 is 0 Å². The van der Waals surface area contributed by atoms with Gasteiger partial charge >= 0.3 is 12.2 Å². The molecule has 2 radical (unpaired) electrons. The van der Waals surface area contributed by atoms with Crippen molar-refractivity contribution in [2.24, 2.45) is 0 Å². The summed E-state index contributed by atoms with van der Waals surface area (Å²) >= 11 is 0. The molecule has 5 aromatic rings. The van der Waals surface area contributed by atoms with Crippen LogP contribution in [0.3, 0.4) is 0 Å². The van der Waals surface area contributed by atoms with Crippen LogP contribution in [-0.2, 0) is 19.1 Å². The number of para-hydroxylation sites is 1. The summed E-state index contributed by atoms with van der Waals surface area (Å²) in [6, 6.07) is 17.8. The molecule has 0 saturated heterocycles. The van der Waals surface area contributed by atoms with E-state index in [-0.39, 0.29) is 23.9 Å². The predicted octanol–water partition coefficient (Wildman–Crippen LogP) is 5.72. The molecule has 2 amide bonds. The van der Waals surface area contributed by atoms with Gasteiger partial charge in [0.05, 0.1) is 11.3 Å². The van der Waals surface area contributed by atoms with E-state index in [2.05, 4.69) is 20.7 Å². The van der Waals surface area contributed by atoms with Gasteiger partial charge in [-0.1, -0.05) is 43.3 Å². The number of rotatable bonds is 7. The van der Waals surface area contributed by atoms with Crippen molar-refractivity contribution in [3.8, 4) is 17.0 Å². The van der Waals surface area contributed by atoms with Gasteiger partial charge in [0.25, 0.3) is 0 Å². The lowest BCUT2D eigenvalue weighted by Crippen LogP contribution is -2.28. The number of amides is 2. The summed E-state index contributed by atoms with van der Waals surface area (Å²) < 4.78 is 54.0. The van der Waals surface area contributed by atoms with Gasteiger partial charge in [-0.05, 0) is 59.4 Å². The first-order valence-corrected chi connectivity index (χ1v) is 12.9. The number of aromatic nitrogens is 3. The zero-order valence-electron chi connectivity index (χ0n) is 22.3. The summed E-state index contributed by atoms with van der Waals surface area (Å²) in [5.41, 5.74) is 3.06. The maximum Gasteiger partial charge on any atom is 0.419 e. The Labute approximate surface area is 239 Å². The van der Waals surface area contributed by atoms with Crippen molar-refractivity contribution >= 4 is 30.7 Å². The zero-order chi connectivity index (χ0) is 30.0. The Morgan fingerprint density at radius 1 is 1.05 bits per heavy atom. The fraction of sp³-hybridized carbons (Fsp3) is 0.167. The largest absolute Gasteiger partial charge is 0.507 e. The normalized spacial score (nSPS) is 12.3. The number of benzene rings is 3. The van der Waals surface area contributed by atoms with Crippen molar-refractivity contribution in [1.29, 1.82) is 0 Å². The van der Waals surface area contributed by atoms with Crippen LogP contribution >= 0.6 is 0 Å². The van der Waals surface area contributed by atoms with Gasteiger partial charge in [-0.25, -0.2) is 18.7 Å². The second kappa shape index (κ2) is 11.6. The van der Waals surface area contributed by atoms with Gasteiger partial charge in [0.15, 0.2) is 0 Å². The SMILES string of the molecule is [B]c1cnn2c(C(C)Cc3ccc(CNC(=O)Nc4ccc(F)c(C(F)(F)F)c4)cc3)cc(-c3ccccc3O)nc12. The van der Waals surface area contributed by atoms with Crippen LogP contribution in [0.15, 0.2) is 79.0 Å². The molecule has 7 nitrogen and oxygen atoms in total. The number of phenols is 1. The number of nitrogens with one attached hydrogen (secondary N) is 2. The first kappa shape index (κ1) is 28.7. The molecule has 0 fully saturated rings. The van der Waals surface area contributed by atoms with E-state index in [0.29, 0.717) is 40.9 Å². The van der Waals surface area contributed by atoms with Gasteiger partial charge in [0.2, 0.25) is 0 Å². The number of carbonyl (C=O) groups excluding carboxylic acids is 1. The molecule has 3 N–H and O–H groups in total. The number of hydrogen-bond acceptors (Lipinski definition) is 4. The smallest absolute Gasteiger partial charge is 0.419 e. The highest BCUT2D eigenvalue weighted by Gasteiger charge is 2.34. The Morgan fingerprint density at radius 2 is 1.76 bits per heavy atom. The minimum atomic E-state index is -4.88. The number of urea groups is 1. The molecule has 1 unspecified atom stereocenters. The van der Waals surface area contributed by atoms with Gasteiger partial charge in [0.1, 0.15) is 25.1 Å². The molecule has 2 heterocycles. The van der Waals surface area contributed by atoms with Gasteiger partial charge in [-0.15, -0.1) is 0 Å². The summed E-state index contributed by atoms with van der Waals surface area (Å²) in [4.78, 5) is 16.8. The maximum absolute atomic E-state index is 13.5. The number of hydrogen-bond donors (Lipinski definition) is 3. The van der Waals surface area contributed by atoms with E-state index in [0.717, 1.165) is 22.9 Å². The second-order valence-corrected chi connectivity index (χ2v) is 9.84. The van der Waals surface area contributed by atoms with Crippen molar-refractivity contribution in [1.82, 2.24) is 19.9 Å². The first-order valence-electron chi connectivity index (χ1n) is 12.9. The van der Waals surface area contributed by atoms with Crippen LogP contribution in [0.5, 0.6) is 5.75 Å². The summed E-state index contributed by atoms with van der Waals surface area (Å²) in [5.74, 6) is -1.33. The van der Waals surface area contributed by atoms with Crippen molar-refractivity contribution in [3.05, 3.63) is 107 Å². The molecule has 2 aromatic heterocycles. The minimum Gasteiger partial charge on any atom is -0.507 e. The molecule has 0 bridgehead atoms. The van der Waals surface area contributed by atoms with Crippen molar-refractivity contribution in [2.45, 2.75) is 32.0 Å². The lowest BCUT2D eigenvalue weighted by atomic mass is 9.95. The van der Waals surface area contributed by atoms with E-state index in [1.807, 2.05) is 43.3 Å². The van der Waals surface area contributed by atoms with Crippen LogP contribution in [0.1, 0.15) is 35.2 Å². The average molecular weight is 573 g/mol. The predicted molar refractivity (Wildman–Crippen MR) is 151 cm³/mol. The third-order valence-corrected chi connectivity index (χ3v) is 6.76. The van der Waals surface area contributed by atoms with E-state index in [1.165, 1.54) is 6.20 Å². The van der Waals surface area contributed by atoms with Crippen LogP contribution in [0.25, 0.3) is 16.9 Å². The van der Waals surface area contributed by atoms with Gasteiger partial charge in [-0.2, -0.15) is 18.3 Å². The topological polar surface area (TPSA) is 91.5 Å². The van der Waals surface area contributed by atoms with Crippen molar-refractivity contribution < 1.29 is 27.5 Å². The minimum absolute atomic E-state index is 0.0218. The molecule has 3 aromatic carbocycles. The standard InChI is InChI=1S/C30H24BF4N5O2/c1-17(26-14-25(21-4-2-3-5-27(21)41)39-28-23(31)16-37-40(26)28)12-18-6-8-19(9-7-18)15-36-29(42)38-20-10-11-24(32)22(13-20)30(33,34)35/h2-11,13-14,16-17,41H,12,15H2,1H3,(H2,36,38,42). The Bertz CT molecular complexity index is 1760. The first-order chi connectivity index (χ1) is 20.0. The molecule has 1 atom stereocenters. The number of fused-ring (bicyclic) bond motifs is 1. The summed E-state index contributed by atoms with van der Waals surface area (Å²) in [7, 11) is 6.12. The van der Waals surface area contributed by atoms with Gasteiger partial charge in [-0.3, -0.25) is 0 Å². The molecule has 212 valence electrons. The van der Waals surface area contributed by atoms with Crippen molar-refractivity contribution in [2.75, 3.05) is 5.32 Å². The Kier molecular flexibility index (Phi) is 7.88.